The molecule has 0 aliphatic heterocycles. The molecule has 1 radical (unpaired) electrons. The number of hydrogen-bond acceptors (Lipinski definition) is 2. The fourth-order valence-electron chi connectivity index (χ4n) is 0. The van der Waals surface area contributed by atoms with Crippen molar-refractivity contribution in [1.29, 1.82) is 0 Å². The second-order valence-electron chi connectivity index (χ2n) is 0.448. The summed E-state index contributed by atoms with van der Waals surface area (Å²) in [6.45, 7) is 0. The molecule has 0 fully saturated rings. The third-order valence-electron chi connectivity index (χ3n) is 0. The van der Waals surface area contributed by atoms with Gasteiger partial charge in [0.25, 0.3) is 0 Å². The standard InChI is InChI=1S/Cu.Fe.H2O4S.H2O.Zn/c;;1-5(2,3)4;;/h;;(H2,1,2,3,4);1H2;. The van der Waals surface area contributed by atoms with Gasteiger partial charge in [-0.3, -0.25) is 9.11 Å². The minimum atomic E-state index is -4.67. The predicted octanol–water partition coefficient (Wildman–Crippen LogP) is -1.48. The van der Waals surface area contributed by atoms with Crippen molar-refractivity contribution >= 4 is 10.4 Å². The van der Waals surface area contributed by atoms with E-state index in [2.05, 4.69) is 0 Å². The average molecular weight is 301 g/mol. The van der Waals surface area contributed by atoms with Crippen LogP contribution in [0.3, 0.4) is 0 Å². The van der Waals surface area contributed by atoms with Gasteiger partial charge in [0.1, 0.15) is 0 Å². The summed E-state index contributed by atoms with van der Waals surface area (Å²) in [7, 11) is -4.67. The summed E-state index contributed by atoms with van der Waals surface area (Å²) in [5.41, 5.74) is 0. The van der Waals surface area contributed by atoms with Crippen LogP contribution in [0.15, 0.2) is 0 Å². The van der Waals surface area contributed by atoms with Gasteiger partial charge < -0.3 is 5.48 Å². The Bertz CT molecular complexity index is 100. The van der Waals surface area contributed by atoms with E-state index in [0.717, 1.165) is 0 Å². The molecule has 5 nitrogen and oxygen atoms in total. The molecule has 0 unspecified atom stereocenters. The Balaban J connectivity index is -0.0000000133. The van der Waals surface area contributed by atoms with E-state index in [1.807, 2.05) is 0 Å². The maximum Gasteiger partial charge on any atom is 0.394 e. The first-order valence-corrected chi connectivity index (χ1v) is 2.10. The Labute approximate surface area is 86.6 Å². The molecule has 0 atom stereocenters. The normalized spacial score (nSPS) is 6.44. The van der Waals surface area contributed by atoms with Crippen LogP contribution in [0, 0.1) is 0 Å². The molecule has 0 aliphatic carbocycles. The molecule has 0 aromatic carbocycles. The van der Waals surface area contributed by atoms with Gasteiger partial charge in [-0.15, -0.1) is 0 Å². The van der Waals surface area contributed by atoms with E-state index < -0.39 is 10.4 Å². The summed E-state index contributed by atoms with van der Waals surface area (Å²) in [4.78, 5) is 0. The van der Waals surface area contributed by atoms with Gasteiger partial charge in [-0.25, -0.2) is 0 Å². The second kappa shape index (κ2) is 12.2. The summed E-state index contributed by atoms with van der Waals surface area (Å²) < 4.78 is 31.6. The summed E-state index contributed by atoms with van der Waals surface area (Å²) in [6.07, 6.45) is 0. The van der Waals surface area contributed by atoms with Gasteiger partial charge in [0.2, 0.25) is 0 Å². The minimum absolute atomic E-state index is 0. The fraction of sp³-hybridized carbons (Fsp3) is 0. The van der Waals surface area contributed by atoms with Gasteiger partial charge in [-0.05, 0) is 0 Å². The first kappa shape index (κ1) is 31.3. The SMILES string of the molecule is O.O=S(=O)(O)O.[Cu].[Fe].[Zn]. The van der Waals surface area contributed by atoms with Gasteiger partial charge in [-0.2, -0.15) is 8.42 Å². The quantitative estimate of drug-likeness (QED) is 0.420. The molecule has 0 aromatic rings. The molecule has 0 amide bonds. The molecule has 0 saturated carbocycles. The van der Waals surface area contributed by atoms with Gasteiger partial charge in [-0.1, -0.05) is 0 Å². The summed E-state index contributed by atoms with van der Waals surface area (Å²) in [6, 6.07) is 0. The van der Waals surface area contributed by atoms with Crippen LogP contribution in [-0.2, 0) is 64.0 Å². The van der Waals surface area contributed by atoms with Crippen molar-refractivity contribution in [3.05, 3.63) is 0 Å². The largest absolute Gasteiger partial charge is 0.412 e. The first-order chi connectivity index (χ1) is 2.00. The van der Waals surface area contributed by atoms with Gasteiger partial charge in [0, 0.05) is 53.6 Å². The molecule has 61 valence electrons. The van der Waals surface area contributed by atoms with E-state index in [1.165, 1.54) is 0 Å². The van der Waals surface area contributed by atoms with Crippen LogP contribution in [0.5, 0.6) is 0 Å². The minimum Gasteiger partial charge on any atom is -0.412 e. The molecule has 9 heavy (non-hydrogen) atoms. The van der Waals surface area contributed by atoms with Crippen molar-refractivity contribution in [3.63, 3.8) is 0 Å². The molecule has 0 aliphatic rings. The Morgan fingerprint density at radius 2 is 1.11 bits per heavy atom. The summed E-state index contributed by atoms with van der Waals surface area (Å²) in [5.74, 6) is 0. The summed E-state index contributed by atoms with van der Waals surface area (Å²) >= 11 is 0. The van der Waals surface area contributed by atoms with E-state index in [-0.39, 0.29) is 59.1 Å². The van der Waals surface area contributed by atoms with Crippen molar-refractivity contribution in [1.82, 2.24) is 0 Å². The van der Waals surface area contributed by atoms with E-state index in [9.17, 15) is 0 Å². The maximum absolute atomic E-state index is 8.74. The van der Waals surface area contributed by atoms with Crippen molar-refractivity contribution in [2.24, 2.45) is 0 Å². The summed E-state index contributed by atoms with van der Waals surface area (Å²) in [5, 5.41) is 0. The molecule has 0 heterocycles. The topological polar surface area (TPSA) is 106 Å². The third-order valence-corrected chi connectivity index (χ3v) is 0. The molecule has 9 heteroatoms. The van der Waals surface area contributed by atoms with Gasteiger partial charge in [0.15, 0.2) is 0 Å². The zero-order chi connectivity index (χ0) is 4.50. The van der Waals surface area contributed by atoms with Crippen LogP contribution in [-0.4, -0.2) is 23.0 Å². The van der Waals surface area contributed by atoms with E-state index in [4.69, 9.17) is 17.5 Å². The Morgan fingerprint density at radius 3 is 1.11 bits per heavy atom. The maximum atomic E-state index is 8.74. The molecule has 0 saturated heterocycles. The molecule has 0 bridgehead atoms. The second-order valence-corrected chi connectivity index (χ2v) is 1.34. The van der Waals surface area contributed by atoms with Crippen LogP contribution < -0.4 is 0 Å². The van der Waals surface area contributed by atoms with E-state index in [1.54, 1.807) is 0 Å². The molecular weight excluding hydrogens is 297 g/mol. The molecule has 0 aromatic heterocycles. The van der Waals surface area contributed by atoms with Crippen molar-refractivity contribution < 1.29 is 76.6 Å². The smallest absolute Gasteiger partial charge is 0.394 e. The molecule has 0 spiro atoms. The molecule has 0 rings (SSSR count). The van der Waals surface area contributed by atoms with Crippen molar-refractivity contribution in [3.8, 4) is 0 Å². The Morgan fingerprint density at radius 1 is 1.11 bits per heavy atom. The molecular formula is H4CuFeO5SZn. The van der Waals surface area contributed by atoms with Crippen LogP contribution in [0.1, 0.15) is 0 Å². The van der Waals surface area contributed by atoms with Crippen LogP contribution >= 0.6 is 0 Å². The van der Waals surface area contributed by atoms with E-state index >= 15 is 0 Å². The predicted molar refractivity (Wildman–Crippen MR) is 17.8 cm³/mol. The van der Waals surface area contributed by atoms with Crippen LogP contribution in [0.2, 0.25) is 0 Å². The number of hydrogen-bond donors (Lipinski definition) is 2. The fourth-order valence-corrected chi connectivity index (χ4v) is 0. The third kappa shape index (κ3) is 239. The van der Waals surface area contributed by atoms with Gasteiger partial charge in [0.05, 0.1) is 0 Å². The zero-order valence-corrected chi connectivity index (χ0v) is 9.81. The van der Waals surface area contributed by atoms with E-state index in [0.29, 0.717) is 0 Å². The Kier molecular flexibility index (Phi) is 42.5. The van der Waals surface area contributed by atoms with Crippen LogP contribution in [0.4, 0.5) is 0 Å². The van der Waals surface area contributed by atoms with Crippen molar-refractivity contribution in [2.75, 3.05) is 0 Å². The zero-order valence-electron chi connectivity index (χ0n) is 3.98. The monoisotopic (exact) mass is 299 g/mol. The first-order valence-electron chi connectivity index (χ1n) is 0.698. The Hall–Kier alpha value is 1.49. The van der Waals surface area contributed by atoms with Crippen molar-refractivity contribution in [2.45, 2.75) is 0 Å². The number of rotatable bonds is 0. The van der Waals surface area contributed by atoms with Crippen LogP contribution in [0.25, 0.3) is 0 Å². The molecule has 4 N–H and O–H groups in total. The average Bonchev–Trinajstić information content (AvgIpc) is 0.722. The van der Waals surface area contributed by atoms with Gasteiger partial charge >= 0.3 is 10.4 Å².